The maximum absolute atomic E-state index is 13.6. The van der Waals surface area contributed by atoms with Crippen molar-refractivity contribution in [2.75, 3.05) is 5.32 Å². The number of benzene rings is 2. The predicted octanol–water partition coefficient (Wildman–Crippen LogP) is 5.91. The van der Waals surface area contributed by atoms with Gasteiger partial charge in [-0.25, -0.2) is 4.39 Å². The zero-order valence-electron chi connectivity index (χ0n) is 11.4. The van der Waals surface area contributed by atoms with Crippen LogP contribution in [0.3, 0.4) is 0 Å². The maximum Gasteiger partial charge on any atom is 0.237 e. The standard InChI is InChI=1S/C15H11Cl3FNOS/c1-8(22-13-5-3-2-4-12(13)19)15(21)20-14-10(17)6-9(16)7-11(14)18/h2-8H,1H3,(H,20,21). The highest BCUT2D eigenvalue weighted by Gasteiger charge is 2.19. The van der Waals surface area contributed by atoms with Crippen molar-refractivity contribution < 1.29 is 9.18 Å². The topological polar surface area (TPSA) is 29.1 Å². The summed E-state index contributed by atoms with van der Waals surface area (Å²) < 4.78 is 13.6. The molecule has 0 aliphatic heterocycles. The Balaban J connectivity index is 2.11. The van der Waals surface area contributed by atoms with Crippen molar-refractivity contribution in [2.45, 2.75) is 17.1 Å². The molecule has 0 saturated carbocycles. The van der Waals surface area contributed by atoms with Gasteiger partial charge in [-0.3, -0.25) is 4.79 Å². The minimum Gasteiger partial charge on any atom is -0.323 e. The lowest BCUT2D eigenvalue weighted by Gasteiger charge is -2.14. The van der Waals surface area contributed by atoms with Gasteiger partial charge >= 0.3 is 0 Å². The summed E-state index contributed by atoms with van der Waals surface area (Å²) in [6, 6.07) is 9.24. The molecular weight excluding hydrogens is 368 g/mol. The highest BCUT2D eigenvalue weighted by atomic mass is 35.5. The number of rotatable bonds is 4. The van der Waals surface area contributed by atoms with Crippen molar-refractivity contribution in [3.8, 4) is 0 Å². The van der Waals surface area contributed by atoms with Crippen LogP contribution in [0.4, 0.5) is 10.1 Å². The predicted molar refractivity (Wildman–Crippen MR) is 91.8 cm³/mol. The number of anilines is 1. The first kappa shape index (κ1) is 17.4. The first-order valence-corrected chi connectivity index (χ1v) is 8.26. The van der Waals surface area contributed by atoms with Crippen molar-refractivity contribution in [1.82, 2.24) is 0 Å². The Kier molecular flexibility index (Phi) is 5.98. The lowest BCUT2D eigenvalue weighted by molar-refractivity contribution is -0.115. The fourth-order valence-corrected chi connectivity index (χ4v) is 3.47. The number of amides is 1. The fourth-order valence-electron chi connectivity index (χ4n) is 1.67. The molecule has 0 aromatic heterocycles. The summed E-state index contributed by atoms with van der Waals surface area (Å²) in [6.07, 6.45) is 0. The molecular formula is C15H11Cl3FNOS. The summed E-state index contributed by atoms with van der Waals surface area (Å²) >= 11 is 19.0. The molecule has 2 aromatic rings. The van der Waals surface area contributed by atoms with E-state index >= 15 is 0 Å². The van der Waals surface area contributed by atoms with Gasteiger partial charge in [0.2, 0.25) is 5.91 Å². The molecule has 0 spiro atoms. The molecule has 0 fully saturated rings. The van der Waals surface area contributed by atoms with Crippen LogP contribution in [0.2, 0.25) is 15.1 Å². The molecule has 1 N–H and O–H groups in total. The van der Waals surface area contributed by atoms with Gasteiger partial charge in [0.25, 0.3) is 0 Å². The molecule has 0 aliphatic carbocycles. The van der Waals surface area contributed by atoms with E-state index in [1.165, 1.54) is 18.2 Å². The average molecular weight is 379 g/mol. The third-order valence-corrected chi connectivity index (χ3v) is 4.73. The summed E-state index contributed by atoms with van der Waals surface area (Å²) in [7, 11) is 0. The Morgan fingerprint density at radius 2 is 1.77 bits per heavy atom. The van der Waals surface area contributed by atoms with E-state index in [4.69, 9.17) is 34.8 Å². The molecule has 22 heavy (non-hydrogen) atoms. The molecule has 2 nitrogen and oxygen atoms in total. The van der Waals surface area contributed by atoms with Gasteiger partial charge in [0.05, 0.1) is 21.0 Å². The molecule has 7 heteroatoms. The highest BCUT2D eigenvalue weighted by Crippen LogP contribution is 2.34. The summed E-state index contributed by atoms with van der Waals surface area (Å²) in [5.41, 5.74) is 0.290. The van der Waals surface area contributed by atoms with Gasteiger partial charge in [-0.15, -0.1) is 11.8 Å². The molecule has 116 valence electrons. The minimum atomic E-state index is -0.528. The number of carbonyl (C=O) groups excluding carboxylic acids is 1. The number of hydrogen-bond donors (Lipinski definition) is 1. The van der Waals surface area contributed by atoms with Crippen LogP contribution in [0.25, 0.3) is 0 Å². The second kappa shape index (κ2) is 7.55. The van der Waals surface area contributed by atoms with E-state index < -0.39 is 5.25 Å². The van der Waals surface area contributed by atoms with Crippen LogP contribution < -0.4 is 5.32 Å². The van der Waals surface area contributed by atoms with Crippen LogP contribution in [0.5, 0.6) is 0 Å². The third kappa shape index (κ3) is 4.29. The smallest absolute Gasteiger partial charge is 0.237 e. The van der Waals surface area contributed by atoms with Crippen LogP contribution in [0.15, 0.2) is 41.3 Å². The van der Waals surface area contributed by atoms with Gasteiger partial charge in [0, 0.05) is 9.92 Å². The Morgan fingerprint density at radius 3 is 2.36 bits per heavy atom. The molecule has 0 radical (unpaired) electrons. The van der Waals surface area contributed by atoms with Gasteiger partial charge in [0.1, 0.15) is 5.82 Å². The van der Waals surface area contributed by atoms with Crippen molar-refractivity contribution in [2.24, 2.45) is 0 Å². The van der Waals surface area contributed by atoms with Crippen LogP contribution in [0.1, 0.15) is 6.92 Å². The van der Waals surface area contributed by atoms with E-state index in [9.17, 15) is 9.18 Å². The minimum absolute atomic E-state index is 0.244. The molecule has 1 unspecified atom stereocenters. The van der Waals surface area contributed by atoms with E-state index in [-0.39, 0.29) is 21.8 Å². The first-order valence-electron chi connectivity index (χ1n) is 6.25. The SMILES string of the molecule is CC(Sc1ccccc1F)C(=O)Nc1c(Cl)cc(Cl)cc1Cl. The lowest BCUT2D eigenvalue weighted by Crippen LogP contribution is -2.22. The third-order valence-electron chi connectivity index (χ3n) is 2.76. The van der Waals surface area contributed by atoms with Crippen molar-refractivity contribution >= 4 is 58.2 Å². The molecule has 0 heterocycles. The average Bonchev–Trinajstić information content (AvgIpc) is 2.45. The van der Waals surface area contributed by atoms with Crippen molar-refractivity contribution in [1.29, 1.82) is 0 Å². The molecule has 0 saturated heterocycles. The summed E-state index contributed by atoms with van der Waals surface area (Å²) in [5, 5.41) is 2.98. The molecule has 1 amide bonds. The van der Waals surface area contributed by atoms with Gasteiger partial charge in [-0.05, 0) is 31.2 Å². The molecule has 2 rings (SSSR count). The van der Waals surface area contributed by atoms with Crippen molar-refractivity contribution in [3.63, 3.8) is 0 Å². The fraction of sp³-hybridized carbons (Fsp3) is 0.133. The Hall–Kier alpha value is -0.940. The van der Waals surface area contributed by atoms with E-state index in [2.05, 4.69) is 5.32 Å². The van der Waals surface area contributed by atoms with E-state index in [1.807, 2.05) is 0 Å². The Labute approximate surface area is 146 Å². The number of hydrogen-bond acceptors (Lipinski definition) is 2. The lowest BCUT2D eigenvalue weighted by atomic mass is 10.3. The van der Waals surface area contributed by atoms with E-state index in [1.54, 1.807) is 25.1 Å². The number of thioether (sulfide) groups is 1. The molecule has 0 aliphatic rings. The van der Waals surface area contributed by atoms with Crippen molar-refractivity contribution in [3.05, 3.63) is 57.3 Å². The second-order valence-electron chi connectivity index (χ2n) is 4.42. The maximum atomic E-state index is 13.6. The largest absolute Gasteiger partial charge is 0.323 e. The van der Waals surface area contributed by atoms with Gasteiger partial charge in [-0.2, -0.15) is 0 Å². The first-order chi connectivity index (χ1) is 10.4. The molecule has 1 atom stereocenters. The summed E-state index contributed by atoms with van der Waals surface area (Å²) in [4.78, 5) is 12.6. The van der Waals surface area contributed by atoms with Gasteiger partial charge in [-0.1, -0.05) is 46.9 Å². The monoisotopic (exact) mass is 377 g/mol. The van der Waals surface area contributed by atoms with Crippen LogP contribution in [-0.2, 0) is 4.79 Å². The second-order valence-corrected chi connectivity index (χ2v) is 7.06. The van der Waals surface area contributed by atoms with Crippen LogP contribution in [-0.4, -0.2) is 11.2 Å². The normalized spacial score (nSPS) is 12.0. The zero-order valence-corrected chi connectivity index (χ0v) is 14.5. The number of nitrogens with one attached hydrogen (secondary N) is 1. The van der Waals surface area contributed by atoms with Crippen LogP contribution in [0, 0.1) is 5.82 Å². The highest BCUT2D eigenvalue weighted by molar-refractivity contribution is 8.00. The summed E-state index contributed by atoms with van der Waals surface area (Å²) in [6.45, 7) is 1.67. The van der Waals surface area contributed by atoms with E-state index in [0.717, 1.165) is 11.8 Å². The molecule has 2 aromatic carbocycles. The van der Waals surface area contributed by atoms with Gasteiger partial charge in [0.15, 0.2) is 0 Å². The molecule has 0 bridgehead atoms. The zero-order chi connectivity index (χ0) is 16.3. The Bertz CT molecular complexity index is 688. The quantitative estimate of drug-likeness (QED) is 0.671. The summed E-state index contributed by atoms with van der Waals surface area (Å²) in [5.74, 6) is -0.700. The van der Waals surface area contributed by atoms with E-state index in [0.29, 0.717) is 15.6 Å². The Morgan fingerprint density at radius 1 is 1.18 bits per heavy atom. The number of carbonyl (C=O) groups is 1. The van der Waals surface area contributed by atoms with Crippen LogP contribution >= 0.6 is 46.6 Å². The van der Waals surface area contributed by atoms with Gasteiger partial charge < -0.3 is 5.32 Å². The number of halogens is 4.